The van der Waals surface area contributed by atoms with Crippen molar-refractivity contribution in [1.29, 1.82) is 0 Å². The third-order valence-electron chi connectivity index (χ3n) is 6.65. The molecule has 0 saturated carbocycles. The predicted octanol–water partition coefficient (Wildman–Crippen LogP) is 4.74. The summed E-state index contributed by atoms with van der Waals surface area (Å²) in [5.74, 6) is -0.495. The lowest BCUT2D eigenvalue weighted by Gasteiger charge is -2.27. The highest BCUT2D eigenvalue weighted by molar-refractivity contribution is 5.76. The third kappa shape index (κ3) is 27.1. The topological polar surface area (TPSA) is 98.7 Å². The van der Waals surface area contributed by atoms with Gasteiger partial charge in [0.15, 0.2) is 6.54 Å². The Morgan fingerprint density at radius 1 is 0.684 bits per heavy atom. The predicted molar refractivity (Wildman–Crippen MR) is 157 cm³/mol. The zero-order valence-electron chi connectivity index (χ0n) is 25.1. The highest BCUT2D eigenvalue weighted by Crippen LogP contribution is 2.10. The van der Waals surface area contributed by atoms with Crippen LogP contribution in [-0.4, -0.2) is 93.2 Å². The molecule has 0 aliphatic heterocycles. The average Bonchev–Trinajstić information content (AvgIpc) is 2.83. The molecule has 8 heteroatoms. The highest BCUT2D eigenvalue weighted by atomic mass is 16.4. The van der Waals surface area contributed by atoms with Gasteiger partial charge in [-0.15, -0.1) is 0 Å². The Bertz CT molecular complexity index is 650. The molecular weight excluding hydrogens is 480 g/mol. The van der Waals surface area contributed by atoms with E-state index >= 15 is 0 Å². The first-order valence-corrected chi connectivity index (χ1v) is 15.0. The van der Waals surface area contributed by atoms with E-state index in [4.69, 9.17) is 5.11 Å². The van der Waals surface area contributed by atoms with Crippen LogP contribution >= 0.6 is 0 Å². The van der Waals surface area contributed by atoms with Crippen LogP contribution in [0.3, 0.4) is 0 Å². The number of rotatable bonds is 26. The van der Waals surface area contributed by atoms with Crippen LogP contribution in [0.4, 0.5) is 0 Å². The lowest BCUT2D eigenvalue weighted by molar-refractivity contribution is -0.883. The van der Waals surface area contributed by atoms with Crippen LogP contribution < -0.4 is 10.6 Å². The first kappa shape index (κ1) is 36.1. The normalized spacial score (nSPS) is 11.8. The van der Waals surface area contributed by atoms with Crippen molar-refractivity contribution in [2.24, 2.45) is 0 Å². The number of nitrogens with one attached hydrogen (secondary N) is 2. The zero-order valence-corrected chi connectivity index (χ0v) is 25.1. The lowest BCUT2D eigenvalue weighted by atomic mass is 10.1. The summed E-state index contributed by atoms with van der Waals surface area (Å²) in [4.78, 5) is 36.7. The number of carboxylic acid groups (broad SMARTS) is 1. The Labute approximate surface area is 233 Å². The molecule has 0 atom stereocenters. The van der Waals surface area contributed by atoms with Gasteiger partial charge in [0.25, 0.3) is 0 Å². The zero-order chi connectivity index (χ0) is 28.5. The summed E-state index contributed by atoms with van der Waals surface area (Å²) < 4.78 is 0.431. The number of carbonyl (C=O) groups excluding carboxylic acids is 2. The van der Waals surface area contributed by atoms with Crippen molar-refractivity contribution in [2.45, 2.75) is 103 Å². The van der Waals surface area contributed by atoms with Gasteiger partial charge in [-0.1, -0.05) is 50.7 Å². The van der Waals surface area contributed by atoms with E-state index < -0.39 is 5.97 Å². The van der Waals surface area contributed by atoms with Crippen molar-refractivity contribution in [2.75, 3.05) is 60.9 Å². The number of nitrogens with zero attached hydrogens (tertiary/aromatic N) is 2. The molecule has 0 radical (unpaired) electrons. The number of carbonyl (C=O) groups is 3. The largest absolute Gasteiger partial charge is 0.477 e. The number of amides is 2. The van der Waals surface area contributed by atoms with Crippen molar-refractivity contribution < 1.29 is 24.0 Å². The first-order chi connectivity index (χ1) is 18.1. The summed E-state index contributed by atoms with van der Waals surface area (Å²) in [7, 11) is 7.89. The second-order valence-electron chi connectivity index (χ2n) is 11.5. The first-order valence-electron chi connectivity index (χ1n) is 15.0. The molecule has 0 fully saturated rings. The molecule has 0 aliphatic carbocycles. The SMILES string of the molecule is CN(C)CCCNC(=O)CCCCCCC/C=C/CCCCCCCC(=O)NCCC[N+](C)(C)CC(=O)O. The second-order valence-corrected chi connectivity index (χ2v) is 11.5. The monoisotopic (exact) mass is 539 g/mol. The number of hydrogen-bond acceptors (Lipinski definition) is 4. The number of allylic oxidation sites excluding steroid dienone is 2. The number of aliphatic carboxylic acids is 1. The van der Waals surface area contributed by atoms with Crippen molar-refractivity contribution >= 4 is 17.8 Å². The fraction of sp³-hybridized carbons (Fsp3) is 0.833. The average molecular weight is 540 g/mol. The third-order valence-corrected chi connectivity index (χ3v) is 6.65. The van der Waals surface area contributed by atoms with Crippen molar-refractivity contribution in [1.82, 2.24) is 15.5 Å². The van der Waals surface area contributed by atoms with Gasteiger partial charge < -0.3 is 25.1 Å². The van der Waals surface area contributed by atoms with E-state index in [0.717, 1.165) is 71.0 Å². The van der Waals surface area contributed by atoms with Gasteiger partial charge in [-0.2, -0.15) is 0 Å². The summed E-state index contributed by atoms with van der Waals surface area (Å²) in [5.41, 5.74) is 0. The van der Waals surface area contributed by atoms with E-state index in [2.05, 4.69) is 27.7 Å². The summed E-state index contributed by atoms with van der Waals surface area (Å²) in [6.07, 6.45) is 21.4. The fourth-order valence-electron chi connectivity index (χ4n) is 4.37. The molecular formula is C30H59N4O4+. The summed E-state index contributed by atoms with van der Waals surface area (Å²) in [6.45, 7) is 3.24. The van der Waals surface area contributed by atoms with Crippen LogP contribution in [-0.2, 0) is 14.4 Å². The quantitative estimate of drug-likeness (QED) is 0.0838. The Morgan fingerprint density at radius 3 is 1.61 bits per heavy atom. The van der Waals surface area contributed by atoms with Crippen molar-refractivity contribution in [3.8, 4) is 0 Å². The molecule has 2 amide bonds. The molecule has 8 nitrogen and oxygen atoms in total. The van der Waals surface area contributed by atoms with E-state index in [1.54, 1.807) is 0 Å². The van der Waals surface area contributed by atoms with Crippen LogP contribution in [0.25, 0.3) is 0 Å². The minimum absolute atomic E-state index is 0.102. The molecule has 222 valence electrons. The molecule has 0 aromatic rings. The molecule has 0 aromatic heterocycles. The van der Waals surface area contributed by atoms with Gasteiger partial charge in [-0.05, 0) is 65.6 Å². The second kappa shape index (κ2) is 24.1. The van der Waals surface area contributed by atoms with Crippen molar-refractivity contribution in [3.63, 3.8) is 0 Å². The van der Waals surface area contributed by atoms with Crippen LogP contribution in [0.2, 0.25) is 0 Å². The molecule has 0 aromatic carbocycles. The van der Waals surface area contributed by atoms with Crippen LogP contribution in [0.5, 0.6) is 0 Å². The van der Waals surface area contributed by atoms with Crippen LogP contribution in [0.15, 0.2) is 12.2 Å². The molecule has 38 heavy (non-hydrogen) atoms. The van der Waals surface area contributed by atoms with Gasteiger partial charge in [0, 0.05) is 32.4 Å². The van der Waals surface area contributed by atoms with Crippen LogP contribution in [0, 0.1) is 0 Å². The molecule has 0 heterocycles. The minimum Gasteiger partial charge on any atom is -0.477 e. The van der Waals surface area contributed by atoms with Gasteiger partial charge >= 0.3 is 5.97 Å². The Hall–Kier alpha value is -1.93. The summed E-state index contributed by atoms with van der Waals surface area (Å²) >= 11 is 0. The van der Waals surface area contributed by atoms with Gasteiger partial charge in [0.1, 0.15) is 0 Å². The Morgan fingerprint density at radius 2 is 1.13 bits per heavy atom. The van der Waals surface area contributed by atoms with E-state index in [9.17, 15) is 14.4 Å². The Kier molecular flexibility index (Phi) is 22.9. The number of unbranched alkanes of at least 4 members (excludes halogenated alkanes) is 10. The highest BCUT2D eigenvalue weighted by Gasteiger charge is 2.18. The van der Waals surface area contributed by atoms with Gasteiger partial charge in [-0.3, -0.25) is 9.59 Å². The molecule has 3 N–H and O–H groups in total. The van der Waals surface area contributed by atoms with Crippen molar-refractivity contribution in [3.05, 3.63) is 12.2 Å². The molecule has 0 bridgehead atoms. The molecule has 0 aliphatic rings. The number of carboxylic acids is 1. The molecule has 0 rings (SSSR count). The van der Waals surface area contributed by atoms with E-state index in [-0.39, 0.29) is 18.4 Å². The molecule has 0 unspecified atom stereocenters. The van der Waals surface area contributed by atoms with E-state index in [0.29, 0.717) is 23.9 Å². The maximum atomic E-state index is 11.9. The summed E-state index contributed by atoms with van der Waals surface area (Å²) in [6, 6.07) is 0. The number of quaternary nitrogens is 1. The number of likely N-dealkylation sites (N-methyl/N-ethyl adjacent to an activating group) is 1. The molecule has 0 saturated heterocycles. The lowest BCUT2D eigenvalue weighted by Crippen LogP contribution is -2.45. The number of hydrogen-bond donors (Lipinski definition) is 3. The molecule has 0 spiro atoms. The fourth-order valence-corrected chi connectivity index (χ4v) is 4.37. The van der Waals surface area contributed by atoms with Gasteiger partial charge in [-0.25, -0.2) is 4.79 Å². The van der Waals surface area contributed by atoms with Crippen LogP contribution in [0.1, 0.15) is 103 Å². The van der Waals surface area contributed by atoms with Gasteiger partial charge in [0.05, 0.1) is 20.6 Å². The smallest absolute Gasteiger partial charge is 0.359 e. The van der Waals surface area contributed by atoms with E-state index in [1.807, 2.05) is 28.2 Å². The Balaban J connectivity index is 3.39. The maximum Gasteiger partial charge on any atom is 0.359 e. The maximum absolute atomic E-state index is 11.9. The standard InChI is InChI=1S/C30H58N4O4/c1-33(2)25-19-23-31-28(35)21-17-15-13-11-9-7-5-6-8-10-12-14-16-18-22-29(36)32-24-20-26-34(3,4)27-30(37)38/h5-6H,7-27H2,1-4H3,(H2-,31,32,35,36,37,38)/p+1/b6-5+. The minimum atomic E-state index is -0.793. The summed E-state index contributed by atoms with van der Waals surface area (Å²) in [5, 5.41) is 14.9. The van der Waals surface area contributed by atoms with Gasteiger partial charge in [0.2, 0.25) is 11.8 Å². The van der Waals surface area contributed by atoms with E-state index in [1.165, 1.54) is 38.5 Å².